The third-order valence-electron chi connectivity index (χ3n) is 3.91. The Labute approximate surface area is 118 Å². The summed E-state index contributed by atoms with van der Waals surface area (Å²) in [6.07, 6.45) is 8.28. The van der Waals surface area contributed by atoms with Gasteiger partial charge in [0.25, 0.3) is 0 Å². The highest BCUT2D eigenvalue weighted by atomic mass is 32.2. The van der Waals surface area contributed by atoms with Crippen molar-refractivity contribution in [3.63, 3.8) is 0 Å². The van der Waals surface area contributed by atoms with Crippen molar-refractivity contribution >= 4 is 17.7 Å². The zero-order valence-electron chi connectivity index (χ0n) is 11.0. The van der Waals surface area contributed by atoms with Gasteiger partial charge in [-0.2, -0.15) is 0 Å². The second-order valence-corrected chi connectivity index (χ2v) is 6.35. The SMILES string of the molecule is O=C(N[C@@H]1CCSc2ccccc21)[C@H]1CC=CCC1. The monoisotopic (exact) mass is 273 g/mol. The van der Waals surface area contributed by atoms with Crippen molar-refractivity contribution in [2.24, 2.45) is 5.92 Å². The van der Waals surface area contributed by atoms with Crippen molar-refractivity contribution in [1.82, 2.24) is 5.32 Å². The van der Waals surface area contributed by atoms with Crippen LogP contribution in [0.15, 0.2) is 41.3 Å². The Morgan fingerprint density at radius 1 is 1.21 bits per heavy atom. The summed E-state index contributed by atoms with van der Waals surface area (Å²) in [5.74, 6) is 1.50. The van der Waals surface area contributed by atoms with Gasteiger partial charge < -0.3 is 5.32 Å². The number of rotatable bonds is 2. The quantitative estimate of drug-likeness (QED) is 0.833. The van der Waals surface area contributed by atoms with E-state index in [4.69, 9.17) is 0 Å². The molecule has 2 nitrogen and oxygen atoms in total. The molecule has 0 saturated carbocycles. The molecule has 0 bridgehead atoms. The molecule has 3 heteroatoms. The van der Waals surface area contributed by atoms with Gasteiger partial charge >= 0.3 is 0 Å². The number of carbonyl (C=O) groups excluding carboxylic acids is 1. The molecule has 1 amide bonds. The van der Waals surface area contributed by atoms with E-state index in [9.17, 15) is 4.79 Å². The van der Waals surface area contributed by atoms with E-state index in [1.807, 2.05) is 11.8 Å². The number of nitrogens with one attached hydrogen (secondary N) is 1. The minimum absolute atomic E-state index is 0.173. The highest BCUT2D eigenvalue weighted by Gasteiger charge is 2.25. The number of hydrogen-bond donors (Lipinski definition) is 1. The van der Waals surface area contributed by atoms with Crippen molar-refractivity contribution in [1.29, 1.82) is 0 Å². The van der Waals surface area contributed by atoms with E-state index in [1.54, 1.807) is 0 Å². The van der Waals surface area contributed by atoms with Gasteiger partial charge in [0.2, 0.25) is 5.91 Å². The van der Waals surface area contributed by atoms with Crippen LogP contribution in [0.2, 0.25) is 0 Å². The molecule has 2 aliphatic rings. The van der Waals surface area contributed by atoms with Crippen LogP contribution < -0.4 is 5.32 Å². The van der Waals surface area contributed by atoms with E-state index < -0.39 is 0 Å². The van der Waals surface area contributed by atoms with Crippen LogP contribution in [-0.2, 0) is 4.79 Å². The number of carbonyl (C=O) groups is 1. The smallest absolute Gasteiger partial charge is 0.223 e. The summed E-state index contributed by atoms with van der Waals surface area (Å²) in [5.41, 5.74) is 1.29. The number of fused-ring (bicyclic) bond motifs is 1. The molecule has 1 heterocycles. The van der Waals surface area contributed by atoms with E-state index >= 15 is 0 Å². The van der Waals surface area contributed by atoms with Crippen molar-refractivity contribution < 1.29 is 4.79 Å². The number of amides is 1. The Kier molecular flexibility index (Phi) is 3.92. The number of allylic oxidation sites excluding steroid dienone is 2. The third kappa shape index (κ3) is 2.86. The minimum atomic E-state index is 0.173. The Hall–Kier alpha value is -1.22. The first kappa shape index (κ1) is 12.8. The molecule has 0 saturated heterocycles. The van der Waals surface area contributed by atoms with Crippen molar-refractivity contribution in [3.8, 4) is 0 Å². The molecule has 1 aliphatic carbocycles. The second kappa shape index (κ2) is 5.83. The first-order chi connectivity index (χ1) is 9.34. The predicted molar refractivity (Wildman–Crippen MR) is 79.1 cm³/mol. The van der Waals surface area contributed by atoms with E-state index in [0.29, 0.717) is 0 Å². The van der Waals surface area contributed by atoms with Crippen molar-refractivity contribution in [2.75, 3.05) is 5.75 Å². The minimum Gasteiger partial charge on any atom is -0.349 e. The molecule has 0 fully saturated rings. The van der Waals surface area contributed by atoms with Crippen LogP contribution in [0.25, 0.3) is 0 Å². The molecular formula is C16H19NOS. The maximum atomic E-state index is 12.3. The lowest BCUT2D eigenvalue weighted by Gasteiger charge is -2.28. The molecule has 0 aromatic heterocycles. The standard InChI is InChI=1S/C16H19NOS/c18-16(12-6-2-1-3-7-12)17-14-10-11-19-15-9-5-4-8-13(14)15/h1-2,4-5,8-9,12,14H,3,6-7,10-11H2,(H,17,18)/t12-,14+/m0/s1. The molecule has 0 unspecified atom stereocenters. The Bertz CT molecular complexity index is 497. The fourth-order valence-corrected chi connectivity index (χ4v) is 3.94. The highest BCUT2D eigenvalue weighted by Crippen LogP contribution is 2.36. The molecular weight excluding hydrogens is 254 g/mol. The van der Waals surface area contributed by atoms with E-state index in [2.05, 4.69) is 41.7 Å². The average molecular weight is 273 g/mol. The normalized spacial score (nSPS) is 25.7. The van der Waals surface area contributed by atoms with Gasteiger partial charge in [-0.3, -0.25) is 4.79 Å². The molecule has 2 atom stereocenters. The van der Waals surface area contributed by atoms with Gasteiger partial charge in [-0.15, -0.1) is 11.8 Å². The Balaban J connectivity index is 1.70. The summed E-state index contributed by atoms with van der Waals surface area (Å²) in [5, 5.41) is 3.26. The fraction of sp³-hybridized carbons (Fsp3) is 0.438. The zero-order valence-corrected chi connectivity index (χ0v) is 11.8. The lowest BCUT2D eigenvalue weighted by atomic mass is 9.92. The van der Waals surface area contributed by atoms with Crippen LogP contribution in [0, 0.1) is 5.92 Å². The molecule has 0 radical (unpaired) electrons. The molecule has 3 rings (SSSR count). The summed E-state index contributed by atoms with van der Waals surface area (Å²) in [6, 6.07) is 8.64. The lowest BCUT2D eigenvalue weighted by molar-refractivity contribution is -0.126. The summed E-state index contributed by atoms with van der Waals surface area (Å²) >= 11 is 1.89. The van der Waals surface area contributed by atoms with Crippen LogP contribution in [0.3, 0.4) is 0 Å². The van der Waals surface area contributed by atoms with E-state index in [-0.39, 0.29) is 17.9 Å². The Morgan fingerprint density at radius 3 is 2.95 bits per heavy atom. The Morgan fingerprint density at radius 2 is 2.11 bits per heavy atom. The summed E-state index contributed by atoms with van der Waals surface area (Å²) in [4.78, 5) is 13.6. The molecule has 1 aliphatic heterocycles. The topological polar surface area (TPSA) is 29.1 Å². The van der Waals surface area contributed by atoms with Crippen molar-refractivity contribution in [3.05, 3.63) is 42.0 Å². The van der Waals surface area contributed by atoms with Gasteiger partial charge in [0.1, 0.15) is 0 Å². The van der Waals surface area contributed by atoms with Crippen LogP contribution in [0.4, 0.5) is 0 Å². The molecule has 1 aromatic carbocycles. The largest absolute Gasteiger partial charge is 0.349 e. The fourth-order valence-electron chi connectivity index (χ4n) is 2.81. The molecule has 1 aromatic rings. The van der Waals surface area contributed by atoms with Crippen LogP contribution in [-0.4, -0.2) is 11.7 Å². The van der Waals surface area contributed by atoms with Gasteiger partial charge in [-0.25, -0.2) is 0 Å². The molecule has 100 valence electrons. The number of benzene rings is 1. The van der Waals surface area contributed by atoms with Crippen LogP contribution >= 0.6 is 11.8 Å². The molecule has 1 N–H and O–H groups in total. The summed E-state index contributed by atoms with van der Waals surface area (Å²) in [7, 11) is 0. The third-order valence-corrected chi connectivity index (χ3v) is 5.04. The van der Waals surface area contributed by atoms with Gasteiger partial charge in [0, 0.05) is 16.6 Å². The van der Waals surface area contributed by atoms with Gasteiger partial charge in [-0.1, -0.05) is 30.4 Å². The number of thioether (sulfide) groups is 1. The lowest BCUT2D eigenvalue weighted by Crippen LogP contribution is -2.35. The first-order valence-corrected chi connectivity index (χ1v) is 8.00. The van der Waals surface area contributed by atoms with Crippen LogP contribution in [0.5, 0.6) is 0 Å². The van der Waals surface area contributed by atoms with Crippen LogP contribution in [0.1, 0.15) is 37.3 Å². The van der Waals surface area contributed by atoms with Crippen molar-refractivity contribution in [2.45, 2.75) is 36.6 Å². The van der Waals surface area contributed by atoms with E-state index in [1.165, 1.54) is 10.5 Å². The van der Waals surface area contributed by atoms with Gasteiger partial charge in [0.05, 0.1) is 6.04 Å². The summed E-state index contributed by atoms with van der Waals surface area (Å²) < 4.78 is 0. The van der Waals surface area contributed by atoms with E-state index in [0.717, 1.165) is 31.4 Å². The highest BCUT2D eigenvalue weighted by molar-refractivity contribution is 7.99. The maximum Gasteiger partial charge on any atom is 0.223 e. The van der Waals surface area contributed by atoms with Gasteiger partial charge in [-0.05, 0) is 37.3 Å². The van der Waals surface area contributed by atoms with Gasteiger partial charge in [0.15, 0.2) is 0 Å². The molecule has 19 heavy (non-hydrogen) atoms. The second-order valence-electron chi connectivity index (χ2n) is 5.22. The maximum absolute atomic E-state index is 12.3. The first-order valence-electron chi connectivity index (χ1n) is 7.01. The summed E-state index contributed by atoms with van der Waals surface area (Å²) in [6.45, 7) is 0. The molecule has 0 spiro atoms. The number of hydrogen-bond acceptors (Lipinski definition) is 2. The predicted octanol–water partition coefficient (Wildman–Crippen LogP) is 3.70. The zero-order chi connectivity index (χ0) is 13.1. The average Bonchev–Trinajstić information content (AvgIpc) is 2.48.